The molecule has 5 nitrogen and oxygen atoms in total. The number of anilines is 1. The van der Waals surface area contributed by atoms with Crippen molar-refractivity contribution in [3.05, 3.63) is 64.1 Å². The van der Waals surface area contributed by atoms with Gasteiger partial charge in [-0.25, -0.2) is 4.68 Å². The maximum atomic E-state index is 12.4. The fourth-order valence-corrected chi connectivity index (χ4v) is 6.28. The van der Waals surface area contributed by atoms with Crippen LogP contribution in [0.15, 0.2) is 58.9 Å². The first-order valence-electron chi connectivity index (χ1n) is 9.65. The van der Waals surface area contributed by atoms with Gasteiger partial charge in [-0.3, -0.25) is 9.69 Å². The number of nitrogens with zero attached hydrogens (tertiary/aromatic N) is 3. The summed E-state index contributed by atoms with van der Waals surface area (Å²) in [6.07, 6.45) is 0. The summed E-state index contributed by atoms with van der Waals surface area (Å²) in [5.41, 5.74) is 3.00. The van der Waals surface area contributed by atoms with Crippen molar-refractivity contribution < 1.29 is 4.79 Å². The first-order chi connectivity index (χ1) is 14.7. The molecule has 1 N–H and O–H groups in total. The third-order valence-electron chi connectivity index (χ3n) is 4.58. The molecule has 9 heteroatoms. The normalized spacial score (nSPS) is 14.5. The van der Waals surface area contributed by atoms with Crippen LogP contribution < -0.4 is 5.32 Å². The molecule has 30 heavy (non-hydrogen) atoms. The molecule has 1 saturated heterocycles. The average molecular weight is 475 g/mol. The molecule has 1 aliphatic rings. The van der Waals surface area contributed by atoms with Gasteiger partial charge in [0.25, 0.3) is 0 Å². The molecule has 2 heterocycles. The van der Waals surface area contributed by atoms with Crippen LogP contribution in [0.1, 0.15) is 5.56 Å². The largest absolute Gasteiger partial charge is 0.325 e. The van der Waals surface area contributed by atoms with E-state index >= 15 is 0 Å². The minimum absolute atomic E-state index is 0.0427. The second kappa shape index (κ2) is 10.6. The predicted octanol–water partition coefficient (Wildman–Crippen LogP) is 4.94. The Morgan fingerprint density at radius 1 is 1.13 bits per heavy atom. The van der Waals surface area contributed by atoms with E-state index in [2.05, 4.69) is 27.4 Å². The molecule has 1 fully saturated rings. The maximum Gasteiger partial charge on any atom is 0.234 e. The standard InChI is InChI=1S/C21H22N4OS4/c26-19(15-29-20-23-25(21(27)30-20)18-7-2-1-3-8-18)22-17-6-4-5-16(13-17)14-24-9-11-28-12-10-24/h1-8,13H,9-12,14-15H2,(H,22,26). The molecular weight excluding hydrogens is 453 g/mol. The minimum Gasteiger partial charge on any atom is -0.325 e. The molecule has 2 aromatic carbocycles. The second-order valence-electron chi connectivity index (χ2n) is 6.81. The molecule has 0 unspecified atom stereocenters. The van der Waals surface area contributed by atoms with Crippen molar-refractivity contribution in [2.24, 2.45) is 0 Å². The Labute approximate surface area is 193 Å². The third-order valence-corrected chi connectivity index (χ3v) is 7.89. The van der Waals surface area contributed by atoms with Crippen molar-refractivity contribution in [3.8, 4) is 5.69 Å². The highest BCUT2D eigenvalue weighted by atomic mass is 32.2. The monoisotopic (exact) mass is 474 g/mol. The van der Waals surface area contributed by atoms with Crippen LogP contribution in [-0.4, -0.2) is 50.9 Å². The van der Waals surface area contributed by atoms with Gasteiger partial charge in [-0.15, -0.1) is 5.10 Å². The van der Waals surface area contributed by atoms with Gasteiger partial charge >= 0.3 is 0 Å². The highest BCUT2D eigenvalue weighted by Gasteiger charge is 2.12. The molecule has 0 atom stereocenters. The van der Waals surface area contributed by atoms with Gasteiger partial charge in [0.05, 0.1) is 11.4 Å². The summed E-state index contributed by atoms with van der Waals surface area (Å²) in [6, 6.07) is 17.9. The fourth-order valence-electron chi connectivity index (χ4n) is 3.14. The van der Waals surface area contributed by atoms with E-state index in [0.717, 1.165) is 35.3 Å². The van der Waals surface area contributed by atoms with Crippen molar-refractivity contribution in [1.82, 2.24) is 14.7 Å². The fraction of sp³-hybridized carbons (Fsp3) is 0.286. The lowest BCUT2D eigenvalue weighted by atomic mass is 10.2. The number of thioether (sulfide) groups is 2. The molecule has 0 radical (unpaired) electrons. The number of rotatable bonds is 7. The number of para-hydroxylation sites is 1. The van der Waals surface area contributed by atoms with Crippen molar-refractivity contribution in [2.75, 3.05) is 35.7 Å². The van der Waals surface area contributed by atoms with Gasteiger partial charge in [-0.1, -0.05) is 53.4 Å². The van der Waals surface area contributed by atoms with E-state index < -0.39 is 0 Å². The molecule has 0 saturated carbocycles. The van der Waals surface area contributed by atoms with Crippen LogP contribution in [-0.2, 0) is 11.3 Å². The maximum absolute atomic E-state index is 12.4. The second-order valence-corrected chi connectivity index (χ2v) is 10.9. The minimum atomic E-state index is -0.0427. The van der Waals surface area contributed by atoms with Crippen molar-refractivity contribution in [3.63, 3.8) is 0 Å². The molecule has 1 amide bonds. The first-order valence-corrected chi connectivity index (χ1v) is 13.0. The number of hydrogen-bond donors (Lipinski definition) is 1. The molecule has 3 aromatic rings. The summed E-state index contributed by atoms with van der Waals surface area (Å²) < 4.78 is 3.20. The predicted molar refractivity (Wildman–Crippen MR) is 131 cm³/mol. The van der Waals surface area contributed by atoms with Crippen molar-refractivity contribution in [1.29, 1.82) is 0 Å². The lowest BCUT2D eigenvalue weighted by Crippen LogP contribution is -2.31. The van der Waals surface area contributed by atoms with Crippen molar-refractivity contribution >= 4 is 58.7 Å². The van der Waals surface area contributed by atoms with Crippen LogP contribution >= 0.6 is 47.1 Å². The lowest BCUT2D eigenvalue weighted by Gasteiger charge is -2.26. The van der Waals surface area contributed by atoms with Crippen LogP contribution in [0.25, 0.3) is 5.69 Å². The summed E-state index contributed by atoms with van der Waals surface area (Å²) in [5.74, 6) is 2.64. The number of carbonyl (C=O) groups excluding carboxylic acids is 1. The van der Waals surface area contributed by atoms with Gasteiger partial charge in [0.1, 0.15) is 0 Å². The first kappa shape index (κ1) is 21.6. The SMILES string of the molecule is O=C(CSc1nn(-c2ccccc2)c(=S)s1)Nc1cccc(CN2CCSCC2)c1. The van der Waals surface area contributed by atoms with Gasteiger partial charge < -0.3 is 5.32 Å². The number of benzene rings is 2. The van der Waals surface area contributed by atoms with Crippen LogP contribution in [0.2, 0.25) is 0 Å². The van der Waals surface area contributed by atoms with Gasteiger partial charge in [0, 0.05) is 36.8 Å². The zero-order valence-corrected chi connectivity index (χ0v) is 19.6. The van der Waals surface area contributed by atoms with E-state index in [1.165, 1.54) is 40.2 Å². The Morgan fingerprint density at radius 3 is 2.73 bits per heavy atom. The quantitative estimate of drug-likeness (QED) is 0.387. The van der Waals surface area contributed by atoms with Crippen LogP contribution in [0.5, 0.6) is 0 Å². The molecule has 156 valence electrons. The number of aromatic nitrogens is 2. The summed E-state index contributed by atoms with van der Waals surface area (Å²) in [5, 5.41) is 7.55. The number of hydrogen-bond acceptors (Lipinski definition) is 7. The molecule has 1 aliphatic heterocycles. The van der Waals surface area contributed by atoms with E-state index in [-0.39, 0.29) is 5.91 Å². The van der Waals surface area contributed by atoms with Crippen molar-refractivity contribution in [2.45, 2.75) is 10.9 Å². The summed E-state index contributed by atoms with van der Waals surface area (Å²) >= 11 is 10.3. The summed E-state index contributed by atoms with van der Waals surface area (Å²) in [7, 11) is 0. The van der Waals surface area contributed by atoms with Gasteiger partial charge in [-0.2, -0.15) is 11.8 Å². The zero-order valence-electron chi connectivity index (χ0n) is 16.3. The topological polar surface area (TPSA) is 50.2 Å². The average Bonchev–Trinajstić information content (AvgIpc) is 3.14. The Bertz CT molecular complexity index is 1040. The lowest BCUT2D eigenvalue weighted by molar-refractivity contribution is -0.113. The van der Waals surface area contributed by atoms with Crippen LogP contribution in [0, 0.1) is 3.95 Å². The Balaban J connectivity index is 1.32. The van der Waals surface area contributed by atoms with E-state index in [0.29, 0.717) is 9.71 Å². The van der Waals surface area contributed by atoms with E-state index in [4.69, 9.17) is 12.2 Å². The van der Waals surface area contributed by atoms with Crippen LogP contribution in [0.4, 0.5) is 5.69 Å². The summed E-state index contributed by atoms with van der Waals surface area (Å²) in [4.78, 5) is 14.9. The van der Waals surface area contributed by atoms with Crippen LogP contribution in [0.3, 0.4) is 0 Å². The Kier molecular flexibility index (Phi) is 7.62. The van der Waals surface area contributed by atoms with E-state index in [1.807, 2.05) is 54.2 Å². The number of amides is 1. The third kappa shape index (κ3) is 5.95. The Hall–Kier alpha value is -1.65. The summed E-state index contributed by atoms with van der Waals surface area (Å²) in [6.45, 7) is 3.18. The Morgan fingerprint density at radius 2 is 1.93 bits per heavy atom. The molecular formula is C21H22N4OS4. The molecule has 0 aliphatic carbocycles. The molecule has 0 spiro atoms. The molecule has 4 rings (SSSR count). The van der Waals surface area contributed by atoms with E-state index in [1.54, 1.807) is 4.68 Å². The molecule has 1 aromatic heterocycles. The highest BCUT2D eigenvalue weighted by molar-refractivity contribution is 8.01. The zero-order chi connectivity index (χ0) is 20.8. The smallest absolute Gasteiger partial charge is 0.234 e. The van der Waals surface area contributed by atoms with Gasteiger partial charge in [-0.05, 0) is 42.0 Å². The van der Waals surface area contributed by atoms with E-state index in [9.17, 15) is 4.79 Å². The highest BCUT2D eigenvalue weighted by Crippen LogP contribution is 2.24. The molecule has 0 bridgehead atoms. The number of carbonyl (C=O) groups is 1. The van der Waals surface area contributed by atoms with Gasteiger partial charge in [0.15, 0.2) is 8.29 Å². The van der Waals surface area contributed by atoms with Gasteiger partial charge in [0.2, 0.25) is 5.91 Å². The number of nitrogens with one attached hydrogen (secondary N) is 1.